The van der Waals surface area contributed by atoms with E-state index in [2.05, 4.69) is 26.0 Å². The molecule has 0 bridgehead atoms. The minimum atomic E-state index is -3.44. The van der Waals surface area contributed by atoms with Crippen LogP contribution in [0.5, 0.6) is 0 Å². The Labute approximate surface area is 116 Å². The molecule has 1 aliphatic heterocycles. The third-order valence-corrected chi connectivity index (χ3v) is 5.16. The quantitative estimate of drug-likeness (QED) is 0.888. The summed E-state index contributed by atoms with van der Waals surface area (Å²) in [6.07, 6.45) is 1.87. The summed E-state index contributed by atoms with van der Waals surface area (Å²) in [4.78, 5) is 0.301. The van der Waals surface area contributed by atoms with Gasteiger partial charge in [0.2, 0.25) is 10.0 Å². The standard InChI is InChI=1S/C12H17BrN2O2S/c1-9-12(6-3-7-14-9)15-18(16,17)11-5-2-4-10(13)8-11/h2,4-5,8-9,12,14-15H,3,6-7H2,1H3. The van der Waals surface area contributed by atoms with Crippen molar-refractivity contribution < 1.29 is 8.42 Å². The average molecular weight is 333 g/mol. The zero-order valence-corrected chi connectivity index (χ0v) is 12.6. The largest absolute Gasteiger partial charge is 0.313 e. The topological polar surface area (TPSA) is 58.2 Å². The first-order valence-corrected chi connectivity index (χ1v) is 8.28. The lowest BCUT2D eigenvalue weighted by molar-refractivity contribution is 0.349. The Morgan fingerprint density at radius 2 is 2.22 bits per heavy atom. The lowest BCUT2D eigenvalue weighted by Crippen LogP contribution is -2.51. The van der Waals surface area contributed by atoms with E-state index < -0.39 is 10.0 Å². The van der Waals surface area contributed by atoms with Gasteiger partial charge in [-0.1, -0.05) is 22.0 Å². The summed E-state index contributed by atoms with van der Waals surface area (Å²) in [6, 6.07) is 6.88. The smallest absolute Gasteiger partial charge is 0.240 e. The molecule has 1 fully saturated rings. The van der Waals surface area contributed by atoms with Gasteiger partial charge >= 0.3 is 0 Å². The molecule has 4 nitrogen and oxygen atoms in total. The predicted octanol–water partition coefficient (Wildman–Crippen LogP) is 1.87. The van der Waals surface area contributed by atoms with Gasteiger partial charge in [-0.25, -0.2) is 13.1 Å². The summed E-state index contributed by atoms with van der Waals surface area (Å²) in [5.74, 6) is 0. The molecule has 1 aromatic carbocycles. The molecule has 0 spiro atoms. The number of piperidine rings is 1. The summed E-state index contributed by atoms with van der Waals surface area (Å²) in [5, 5.41) is 3.28. The number of benzene rings is 1. The highest BCUT2D eigenvalue weighted by Gasteiger charge is 2.26. The molecule has 1 aliphatic rings. The lowest BCUT2D eigenvalue weighted by atomic mass is 10.0. The van der Waals surface area contributed by atoms with Crippen molar-refractivity contribution in [2.45, 2.75) is 36.7 Å². The van der Waals surface area contributed by atoms with Gasteiger partial charge in [0.25, 0.3) is 0 Å². The van der Waals surface area contributed by atoms with Gasteiger partial charge < -0.3 is 5.32 Å². The summed E-state index contributed by atoms with van der Waals surface area (Å²) >= 11 is 3.29. The maximum Gasteiger partial charge on any atom is 0.240 e. The molecular weight excluding hydrogens is 316 g/mol. The van der Waals surface area contributed by atoms with E-state index in [1.165, 1.54) is 0 Å². The highest BCUT2D eigenvalue weighted by molar-refractivity contribution is 9.10. The molecule has 2 unspecified atom stereocenters. The first-order chi connectivity index (χ1) is 8.49. The van der Waals surface area contributed by atoms with Crippen molar-refractivity contribution in [2.75, 3.05) is 6.54 Å². The number of rotatable bonds is 3. The molecule has 1 aromatic rings. The maximum absolute atomic E-state index is 12.2. The molecule has 1 saturated heterocycles. The van der Waals surface area contributed by atoms with Gasteiger partial charge in [-0.05, 0) is 44.5 Å². The summed E-state index contributed by atoms with van der Waals surface area (Å²) < 4.78 is 28.0. The van der Waals surface area contributed by atoms with Crippen LogP contribution in [0.4, 0.5) is 0 Å². The summed E-state index contributed by atoms with van der Waals surface area (Å²) in [5.41, 5.74) is 0. The first-order valence-electron chi connectivity index (χ1n) is 6.00. The second-order valence-corrected chi connectivity index (χ2v) is 7.20. The number of sulfonamides is 1. The molecule has 0 aromatic heterocycles. The van der Waals surface area contributed by atoms with E-state index >= 15 is 0 Å². The Morgan fingerprint density at radius 1 is 1.44 bits per heavy atom. The van der Waals surface area contributed by atoms with Gasteiger partial charge in [-0.3, -0.25) is 0 Å². The summed E-state index contributed by atoms with van der Waals surface area (Å²) in [7, 11) is -3.44. The van der Waals surface area contributed by atoms with Gasteiger partial charge in [0.1, 0.15) is 0 Å². The van der Waals surface area contributed by atoms with Crippen LogP contribution in [-0.4, -0.2) is 27.0 Å². The van der Waals surface area contributed by atoms with E-state index in [1.807, 2.05) is 13.0 Å². The molecule has 6 heteroatoms. The summed E-state index contributed by atoms with van der Waals surface area (Å²) in [6.45, 7) is 2.96. The Hall–Kier alpha value is -0.430. The Morgan fingerprint density at radius 3 is 2.89 bits per heavy atom. The van der Waals surface area contributed by atoms with E-state index in [1.54, 1.807) is 18.2 Å². The lowest BCUT2D eigenvalue weighted by Gasteiger charge is -2.30. The van der Waals surface area contributed by atoms with Crippen LogP contribution in [0.25, 0.3) is 0 Å². The van der Waals surface area contributed by atoms with Crippen molar-refractivity contribution in [1.82, 2.24) is 10.0 Å². The molecule has 0 saturated carbocycles. The van der Waals surface area contributed by atoms with Gasteiger partial charge in [0.15, 0.2) is 0 Å². The monoisotopic (exact) mass is 332 g/mol. The maximum atomic E-state index is 12.2. The molecule has 100 valence electrons. The van der Waals surface area contributed by atoms with Gasteiger partial charge in [-0.15, -0.1) is 0 Å². The molecule has 2 N–H and O–H groups in total. The second kappa shape index (κ2) is 5.69. The highest BCUT2D eigenvalue weighted by Crippen LogP contribution is 2.18. The third-order valence-electron chi connectivity index (χ3n) is 3.17. The fourth-order valence-electron chi connectivity index (χ4n) is 2.11. The highest BCUT2D eigenvalue weighted by atomic mass is 79.9. The van der Waals surface area contributed by atoms with E-state index in [9.17, 15) is 8.42 Å². The molecule has 0 radical (unpaired) electrons. The Balaban J connectivity index is 2.16. The number of halogens is 1. The first kappa shape index (κ1) is 14.0. The average Bonchev–Trinajstić information content (AvgIpc) is 2.32. The molecule has 2 atom stereocenters. The van der Waals surface area contributed by atoms with Crippen molar-refractivity contribution in [3.63, 3.8) is 0 Å². The zero-order valence-electron chi connectivity index (χ0n) is 10.2. The van der Waals surface area contributed by atoms with E-state index in [4.69, 9.17) is 0 Å². The van der Waals surface area contributed by atoms with Gasteiger partial charge in [-0.2, -0.15) is 0 Å². The zero-order chi connectivity index (χ0) is 13.2. The molecule has 0 amide bonds. The van der Waals surface area contributed by atoms with Crippen molar-refractivity contribution in [3.05, 3.63) is 28.7 Å². The minimum Gasteiger partial charge on any atom is -0.313 e. The minimum absolute atomic E-state index is 0.0391. The second-order valence-electron chi connectivity index (χ2n) is 4.57. The fraction of sp³-hybridized carbons (Fsp3) is 0.500. The van der Waals surface area contributed by atoms with Crippen LogP contribution >= 0.6 is 15.9 Å². The van der Waals surface area contributed by atoms with Crippen molar-refractivity contribution in [1.29, 1.82) is 0 Å². The third kappa shape index (κ3) is 3.32. The van der Waals surface area contributed by atoms with Crippen molar-refractivity contribution >= 4 is 26.0 Å². The van der Waals surface area contributed by atoms with Crippen molar-refractivity contribution in [3.8, 4) is 0 Å². The molecule has 18 heavy (non-hydrogen) atoms. The van der Waals surface area contributed by atoms with Crippen LogP contribution < -0.4 is 10.0 Å². The van der Waals surface area contributed by atoms with Crippen LogP contribution in [0.3, 0.4) is 0 Å². The van der Waals surface area contributed by atoms with E-state index in [0.717, 1.165) is 23.9 Å². The van der Waals surface area contributed by atoms with Crippen molar-refractivity contribution in [2.24, 2.45) is 0 Å². The molecule has 1 heterocycles. The fourth-order valence-corrected chi connectivity index (χ4v) is 4.05. The van der Waals surface area contributed by atoms with Crippen LogP contribution in [0.15, 0.2) is 33.6 Å². The molecule has 0 aliphatic carbocycles. The Kier molecular flexibility index (Phi) is 4.42. The van der Waals surface area contributed by atoms with Crippen LogP contribution in [0, 0.1) is 0 Å². The number of nitrogens with one attached hydrogen (secondary N) is 2. The SMILES string of the molecule is CC1NCCCC1NS(=O)(=O)c1cccc(Br)c1. The number of hydrogen-bond donors (Lipinski definition) is 2. The molecule has 2 rings (SSSR count). The normalized spacial score (nSPS) is 25.0. The van der Waals surface area contributed by atoms with Gasteiger partial charge in [0.05, 0.1) is 4.90 Å². The van der Waals surface area contributed by atoms with Gasteiger partial charge in [0, 0.05) is 16.6 Å². The van der Waals surface area contributed by atoms with Crippen LogP contribution in [0.2, 0.25) is 0 Å². The van der Waals surface area contributed by atoms with E-state index in [-0.39, 0.29) is 12.1 Å². The number of hydrogen-bond acceptors (Lipinski definition) is 3. The predicted molar refractivity (Wildman–Crippen MR) is 75.0 cm³/mol. The van der Waals surface area contributed by atoms with Crippen LogP contribution in [-0.2, 0) is 10.0 Å². The Bertz CT molecular complexity index is 519. The van der Waals surface area contributed by atoms with Crippen LogP contribution in [0.1, 0.15) is 19.8 Å². The molecular formula is C12H17BrN2O2S. The van der Waals surface area contributed by atoms with E-state index in [0.29, 0.717) is 4.90 Å².